The quantitative estimate of drug-likeness (QED) is 0.914. The second-order valence-electron chi connectivity index (χ2n) is 4.68. The van der Waals surface area contributed by atoms with E-state index in [1.807, 2.05) is 18.6 Å². The molecule has 19 heavy (non-hydrogen) atoms. The molecule has 1 atom stereocenters. The molecule has 0 aromatic carbocycles. The molecular weight excluding hydrogens is 282 g/mol. The molecule has 0 radical (unpaired) electrons. The van der Waals surface area contributed by atoms with Crippen molar-refractivity contribution in [2.45, 2.75) is 31.8 Å². The predicted octanol–water partition coefficient (Wildman–Crippen LogP) is 2.60. The number of aromatic nitrogens is 3. The molecule has 2 aromatic heterocycles. The summed E-state index contributed by atoms with van der Waals surface area (Å²) >= 11 is 1.58. The fourth-order valence-electron chi connectivity index (χ4n) is 2.60. The van der Waals surface area contributed by atoms with Crippen LogP contribution in [0.25, 0.3) is 0 Å². The summed E-state index contributed by atoms with van der Waals surface area (Å²) in [5.41, 5.74) is 6.97. The van der Waals surface area contributed by atoms with Gasteiger partial charge in [-0.25, -0.2) is 4.98 Å². The number of piperidine rings is 1. The molecule has 1 aliphatic rings. The molecule has 1 aliphatic heterocycles. The maximum atomic E-state index is 5.69. The van der Waals surface area contributed by atoms with Crippen LogP contribution in [0, 0.1) is 0 Å². The summed E-state index contributed by atoms with van der Waals surface area (Å²) in [5.74, 6) is 0. The number of nitrogens with one attached hydrogen (secondary N) is 1. The van der Waals surface area contributed by atoms with Gasteiger partial charge < -0.3 is 5.73 Å². The van der Waals surface area contributed by atoms with Crippen molar-refractivity contribution < 1.29 is 0 Å². The Bertz CT molecular complexity index is 498. The number of hydrogen-bond donors (Lipinski definition) is 2. The number of nitrogens with two attached hydrogens (primary N) is 1. The van der Waals surface area contributed by atoms with Crippen LogP contribution in [-0.4, -0.2) is 26.6 Å². The zero-order chi connectivity index (χ0) is 12.4. The van der Waals surface area contributed by atoms with Crippen molar-refractivity contribution in [3.63, 3.8) is 0 Å². The predicted molar refractivity (Wildman–Crippen MR) is 79.4 cm³/mol. The topological polar surface area (TPSA) is 70.8 Å². The zero-order valence-corrected chi connectivity index (χ0v) is 12.2. The van der Waals surface area contributed by atoms with Crippen molar-refractivity contribution in [3.05, 3.63) is 29.0 Å². The lowest BCUT2D eigenvalue weighted by atomic mass is 9.97. The van der Waals surface area contributed by atoms with Crippen molar-refractivity contribution in [2.75, 3.05) is 12.3 Å². The largest absolute Gasteiger partial charge is 0.375 e. The SMILES string of the molecule is Cl.Nc1ncc(CN2CCCCC2c2cn[nH]c2)s1. The Morgan fingerprint density at radius 2 is 2.32 bits per heavy atom. The summed E-state index contributed by atoms with van der Waals surface area (Å²) in [6, 6.07) is 0.473. The number of rotatable bonds is 3. The van der Waals surface area contributed by atoms with E-state index in [-0.39, 0.29) is 12.4 Å². The summed E-state index contributed by atoms with van der Waals surface area (Å²) < 4.78 is 0. The Hall–Kier alpha value is -1.11. The number of nitrogens with zero attached hydrogens (tertiary/aromatic N) is 3. The standard InChI is InChI=1S/C12H17N5S.ClH/c13-12-14-7-10(18-12)8-17-4-2-1-3-11(17)9-5-15-16-6-9;/h5-7,11H,1-4,8H2,(H2,13,14)(H,15,16);1H. The second-order valence-corrected chi connectivity index (χ2v) is 5.83. The van der Waals surface area contributed by atoms with Gasteiger partial charge in [-0.1, -0.05) is 6.42 Å². The van der Waals surface area contributed by atoms with Crippen molar-refractivity contribution >= 4 is 28.9 Å². The van der Waals surface area contributed by atoms with E-state index in [1.165, 1.54) is 29.7 Å². The van der Waals surface area contributed by atoms with Crippen molar-refractivity contribution in [2.24, 2.45) is 0 Å². The Balaban J connectivity index is 0.00000133. The molecule has 3 rings (SSSR count). The van der Waals surface area contributed by atoms with Gasteiger partial charge in [0.2, 0.25) is 0 Å². The van der Waals surface area contributed by atoms with Crippen LogP contribution < -0.4 is 5.73 Å². The van der Waals surface area contributed by atoms with Crippen molar-refractivity contribution in [3.8, 4) is 0 Å². The number of aromatic amines is 1. The monoisotopic (exact) mass is 299 g/mol. The molecule has 0 saturated carbocycles. The normalized spacial score (nSPS) is 20.1. The molecule has 0 spiro atoms. The lowest BCUT2D eigenvalue weighted by Crippen LogP contribution is -2.32. The first-order valence-corrected chi connectivity index (χ1v) is 7.07. The second kappa shape index (κ2) is 6.36. The summed E-state index contributed by atoms with van der Waals surface area (Å²) in [6.45, 7) is 2.07. The molecule has 7 heteroatoms. The van der Waals surface area contributed by atoms with Crippen LogP contribution in [0.2, 0.25) is 0 Å². The maximum absolute atomic E-state index is 5.69. The number of likely N-dealkylation sites (tertiary alicyclic amines) is 1. The Morgan fingerprint density at radius 3 is 3.00 bits per heavy atom. The molecule has 104 valence electrons. The molecule has 5 nitrogen and oxygen atoms in total. The molecule has 1 unspecified atom stereocenters. The van der Waals surface area contributed by atoms with E-state index < -0.39 is 0 Å². The number of halogens is 1. The summed E-state index contributed by atoms with van der Waals surface area (Å²) in [4.78, 5) is 7.86. The number of nitrogen functional groups attached to an aromatic ring is 1. The van der Waals surface area contributed by atoms with Gasteiger partial charge in [0.25, 0.3) is 0 Å². The van der Waals surface area contributed by atoms with Gasteiger partial charge in [-0.2, -0.15) is 5.10 Å². The van der Waals surface area contributed by atoms with Crippen LogP contribution in [0.3, 0.4) is 0 Å². The lowest BCUT2D eigenvalue weighted by molar-refractivity contribution is 0.142. The number of anilines is 1. The summed E-state index contributed by atoms with van der Waals surface area (Å²) in [7, 11) is 0. The third kappa shape index (κ3) is 3.26. The van der Waals surface area contributed by atoms with Crippen LogP contribution in [-0.2, 0) is 6.54 Å². The third-order valence-corrected chi connectivity index (χ3v) is 4.26. The van der Waals surface area contributed by atoms with Crippen LogP contribution in [0.15, 0.2) is 18.6 Å². The molecule has 0 amide bonds. The number of thiazole rings is 1. The smallest absolute Gasteiger partial charge is 0.180 e. The number of H-pyrrole nitrogens is 1. The highest BCUT2D eigenvalue weighted by molar-refractivity contribution is 7.15. The van der Waals surface area contributed by atoms with Gasteiger partial charge in [0.1, 0.15) is 0 Å². The van der Waals surface area contributed by atoms with E-state index in [1.54, 1.807) is 11.3 Å². The van der Waals surface area contributed by atoms with E-state index in [0.29, 0.717) is 11.2 Å². The minimum atomic E-state index is 0. The molecular formula is C12H18ClN5S. The minimum Gasteiger partial charge on any atom is -0.375 e. The van der Waals surface area contributed by atoms with Gasteiger partial charge in [0, 0.05) is 35.4 Å². The molecule has 3 heterocycles. The molecule has 1 fully saturated rings. The van der Waals surface area contributed by atoms with Gasteiger partial charge in [-0.05, 0) is 19.4 Å². The van der Waals surface area contributed by atoms with Crippen LogP contribution in [0.4, 0.5) is 5.13 Å². The molecule has 2 aromatic rings. The first-order valence-electron chi connectivity index (χ1n) is 6.26. The van der Waals surface area contributed by atoms with Crippen molar-refractivity contribution in [1.82, 2.24) is 20.1 Å². The highest BCUT2D eigenvalue weighted by Gasteiger charge is 2.25. The minimum absolute atomic E-state index is 0. The van der Waals surface area contributed by atoms with Crippen LogP contribution in [0.5, 0.6) is 0 Å². The fraction of sp³-hybridized carbons (Fsp3) is 0.500. The lowest BCUT2D eigenvalue weighted by Gasteiger charge is -2.34. The highest BCUT2D eigenvalue weighted by Crippen LogP contribution is 2.32. The highest BCUT2D eigenvalue weighted by atomic mass is 35.5. The Morgan fingerprint density at radius 1 is 1.42 bits per heavy atom. The molecule has 1 saturated heterocycles. The molecule has 0 bridgehead atoms. The van der Waals surface area contributed by atoms with Crippen molar-refractivity contribution in [1.29, 1.82) is 0 Å². The van der Waals surface area contributed by atoms with Gasteiger partial charge in [0.05, 0.1) is 6.20 Å². The van der Waals surface area contributed by atoms with E-state index in [0.717, 1.165) is 13.1 Å². The van der Waals surface area contributed by atoms with Crippen LogP contribution >= 0.6 is 23.7 Å². The third-order valence-electron chi connectivity index (χ3n) is 3.45. The van der Waals surface area contributed by atoms with Gasteiger partial charge in [-0.3, -0.25) is 10.00 Å². The van der Waals surface area contributed by atoms with E-state index in [2.05, 4.69) is 20.1 Å². The Labute approximate surface area is 122 Å². The summed E-state index contributed by atoms with van der Waals surface area (Å²) in [5, 5.41) is 7.63. The summed E-state index contributed by atoms with van der Waals surface area (Å²) in [6.07, 6.45) is 9.59. The average molecular weight is 300 g/mol. The Kier molecular flexibility index (Phi) is 4.79. The van der Waals surface area contributed by atoms with Crippen LogP contribution in [0.1, 0.15) is 35.7 Å². The first kappa shape index (κ1) is 14.3. The molecule has 3 N–H and O–H groups in total. The fourth-order valence-corrected chi connectivity index (χ4v) is 3.31. The average Bonchev–Trinajstić information content (AvgIpc) is 3.02. The number of hydrogen-bond acceptors (Lipinski definition) is 5. The maximum Gasteiger partial charge on any atom is 0.180 e. The van der Waals surface area contributed by atoms with E-state index in [9.17, 15) is 0 Å². The van der Waals surface area contributed by atoms with E-state index >= 15 is 0 Å². The van der Waals surface area contributed by atoms with Gasteiger partial charge >= 0.3 is 0 Å². The first-order chi connectivity index (χ1) is 8.83. The van der Waals surface area contributed by atoms with Gasteiger partial charge in [-0.15, -0.1) is 23.7 Å². The zero-order valence-electron chi connectivity index (χ0n) is 10.6. The molecule has 0 aliphatic carbocycles. The van der Waals surface area contributed by atoms with E-state index in [4.69, 9.17) is 5.73 Å². The van der Waals surface area contributed by atoms with Gasteiger partial charge in [0.15, 0.2) is 5.13 Å².